The first-order valence-electron chi connectivity index (χ1n) is 8.08. The SMILES string of the molecule is O=C1C(O)CC23CCCN2CCc2cc4c(cc2C13)OCO4. The van der Waals surface area contributed by atoms with Gasteiger partial charge in [0.15, 0.2) is 17.3 Å². The smallest absolute Gasteiger partial charge is 0.231 e. The van der Waals surface area contributed by atoms with Crippen molar-refractivity contribution in [2.24, 2.45) is 0 Å². The number of Topliss-reactive ketones (excluding diaryl/α,β-unsaturated/α-hetero) is 1. The Morgan fingerprint density at radius 2 is 2.05 bits per heavy atom. The number of hydrogen-bond acceptors (Lipinski definition) is 5. The quantitative estimate of drug-likeness (QED) is 0.781. The monoisotopic (exact) mass is 301 g/mol. The number of fused-ring (bicyclic) bond motifs is 3. The maximum atomic E-state index is 12.7. The van der Waals surface area contributed by atoms with Crippen LogP contribution >= 0.6 is 0 Å². The summed E-state index contributed by atoms with van der Waals surface area (Å²) in [7, 11) is 0. The van der Waals surface area contributed by atoms with E-state index in [0.717, 1.165) is 49.4 Å². The van der Waals surface area contributed by atoms with E-state index >= 15 is 0 Å². The number of hydrogen-bond donors (Lipinski definition) is 1. The van der Waals surface area contributed by atoms with Gasteiger partial charge in [-0.15, -0.1) is 0 Å². The summed E-state index contributed by atoms with van der Waals surface area (Å²) in [5.74, 6) is 1.27. The Morgan fingerprint density at radius 3 is 2.91 bits per heavy atom. The molecule has 1 N–H and O–H groups in total. The number of nitrogens with zero attached hydrogens (tertiary/aromatic N) is 1. The topological polar surface area (TPSA) is 59.0 Å². The van der Waals surface area contributed by atoms with Gasteiger partial charge in [-0.25, -0.2) is 0 Å². The average Bonchev–Trinajstić information content (AvgIpc) is 3.15. The van der Waals surface area contributed by atoms with Crippen LogP contribution in [0.3, 0.4) is 0 Å². The van der Waals surface area contributed by atoms with Crippen LogP contribution in [0.15, 0.2) is 12.1 Å². The minimum absolute atomic E-state index is 0.0195. The molecule has 1 spiro atoms. The minimum atomic E-state index is -0.832. The lowest BCUT2D eigenvalue weighted by molar-refractivity contribution is -0.125. The maximum Gasteiger partial charge on any atom is 0.231 e. The van der Waals surface area contributed by atoms with Crippen LogP contribution in [0.25, 0.3) is 0 Å². The molecule has 0 radical (unpaired) electrons. The van der Waals surface area contributed by atoms with Crippen LogP contribution in [0.2, 0.25) is 0 Å². The van der Waals surface area contributed by atoms with Gasteiger partial charge in [0.1, 0.15) is 6.10 Å². The summed E-state index contributed by atoms with van der Waals surface area (Å²) >= 11 is 0. The third-order valence-corrected chi connectivity index (χ3v) is 5.96. The first-order valence-corrected chi connectivity index (χ1v) is 8.08. The molecule has 0 bridgehead atoms. The first kappa shape index (κ1) is 12.9. The number of carbonyl (C=O) groups excluding carboxylic acids is 1. The van der Waals surface area contributed by atoms with Crippen molar-refractivity contribution in [3.05, 3.63) is 23.3 Å². The van der Waals surface area contributed by atoms with Crippen molar-refractivity contribution in [1.29, 1.82) is 0 Å². The molecule has 5 rings (SSSR count). The summed E-state index contributed by atoms with van der Waals surface area (Å²) in [6.07, 6.45) is 2.77. The molecule has 5 nitrogen and oxygen atoms in total. The van der Waals surface area contributed by atoms with Crippen LogP contribution in [0.5, 0.6) is 11.5 Å². The molecule has 1 aromatic carbocycles. The van der Waals surface area contributed by atoms with Gasteiger partial charge in [-0.05, 0) is 55.5 Å². The van der Waals surface area contributed by atoms with E-state index in [2.05, 4.69) is 4.90 Å². The molecular formula is C17H19NO4. The zero-order valence-electron chi connectivity index (χ0n) is 12.4. The molecule has 1 aliphatic carbocycles. The van der Waals surface area contributed by atoms with E-state index in [0.29, 0.717) is 6.42 Å². The van der Waals surface area contributed by atoms with Gasteiger partial charge in [-0.1, -0.05) is 0 Å². The molecule has 2 fully saturated rings. The van der Waals surface area contributed by atoms with Gasteiger partial charge in [-0.2, -0.15) is 0 Å². The number of aliphatic hydroxyl groups excluding tert-OH is 1. The van der Waals surface area contributed by atoms with Gasteiger partial charge in [-0.3, -0.25) is 9.69 Å². The van der Waals surface area contributed by atoms with Crippen molar-refractivity contribution in [3.8, 4) is 11.5 Å². The van der Waals surface area contributed by atoms with Crippen LogP contribution in [-0.4, -0.2) is 47.3 Å². The number of ether oxygens (including phenoxy) is 2. The van der Waals surface area contributed by atoms with E-state index in [1.807, 2.05) is 12.1 Å². The molecular weight excluding hydrogens is 282 g/mol. The minimum Gasteiger partial charge on any atom is -0.454 e. The second-order valence-corrected chi connectivity index (χ2v) is 6.90. The Balaban J connectivity index is 1.72. The summed E-state index contributed by atoms with van der Waals surface area (Å²) in [6, 6.07) is 4.02. The van der Waals surface area contributed by atoms with E-state index in [1.165, 1.54) is 5.56 Å². The molecule has 5 heteroatoms. The molecule has 0 aromatic heterocycles. The number of carbonyl (C=O) groups is 1. The molecule has 3 heterocycles. The first-order chi connectivity index (χ1) is 10.7. The molecule has 3 atom stereocenters. The Bertz CT molecular complexity index is 673. The van der Waals surface area contributed by atoms with E-state index in [4.69, 9.17) is 9.47 Å². The van der Waals surface area contributed by atoms with Gasteiger partial charge < -0.3 is 14.6 Å². The van der Waals surface area contributed by atoms with Gasteiger partial charge in [0.05, 0.1) is 5.92 Å². The van der Waals surface area contributed by atoms with Gasteiger partial charge >= 0.3 is 0 Å². The highest BCUT2D eigenvalue weighted by Crippen LogP contribution is 2.54. The number of benzene rings is 1. The van der Waals surface area contributed by atoms with Crippen LogP contribution in [-0.2, 0) is 11.2 Å². The number of rotatable bonds is 0. The third kappa shape index (κ3) is 1.48. The molecule has 22 heavy (non-hydrogen) atoms. The molecule has 3 unspecified atom stereocenters. The Labute approximate surface area is 128 Å². The van der Waals surface area contributed by atoms with Gasteiger partial charge in [0, 0.05) is 12.1 Å². The van der Waals surface area contributed by atoms with Gasteiger partial charge in [0.2, 0.25) is 6.79 Å². The zero-order valence-corrected chi connectivity index (χ0v) is 12.4. The Kier molecular flexibility index (Phi) is 2.48. The largest absolute Gasteiger partial charge is 0.454 e. The highest BCUT2D eigenvalue weighted by Gasteiger charge is 2.59. The van der Waals surface area contributed by atoms with Crippen molar-refractivity contribution >= 4 is 5.78 Å². The zero-order chi connectivity index (χ0) is 14.9. The normalized spacial score (nSPS) is 36.0. The summed E-state index contributed by atoms with van der Waals surface area (Å²) in [5, 5.41) is 10.2. The lowest BCUT2D eigenvalue weighted by Crippen LogP contribution is -2.46. The van der Waals surface area contributed by atoms with Crippen molar-refractivity contribution in [2.75, 3.05) is 19.9 Å². The third-order valence-electron chi connectivity index (χ3n) is 5.96. The van der Waals surface area contributed by atoms with Gasteiger partial charge in [0.25, 0.3) is 0 Å². The molecule has 0 amide bonds. The van der Waals surface area contributed by atoms with E-state index in [1.54, 1.807) is 0 Å². The standard InChI is InChI=1S/C17H19NO4/c19-12-8-17-3-1-4-18(17)5-2-10-6-13-14(22-9-21-13)7-11(10)15(17)16(12)20/h6-7,12,15,19H,1-5,8-9H2. The fourth-order valence-corrected chi connectivity index (χ4v) is 5.04. The molecule has 116 valence electrons. The van der Waals surface area contributed by atoms with Crippen molar-refractivity contribution in [3.63, 3.8) is 0 Å². The summed E-state index contributed by atoms with van der Waals surface area (Å²) in [6.45, 7) is 2.22. The van der Waals surface area contributed by atoms with Crippen LogP contribution < -0.4 is 9.47 Å². The van der Waals surface area contributed by atoms with E-state index < -0.39 is 6.10 Å². The van der Waals surface area contributed by atoms with Crippen LogP contribution in [0, 0.1) is 0 Å². The predicted octanol–water partition coefficient (Wildman–Crippen LogP) is 1.22. The highest BCUT2D eigenvalue weighted by atomic mass is 16.7. The summed E-state index contributed by atoms with van der Waals surface area (Å²) in [4.78, 5) is 15.2. The lowest BCUT2D eigenvalue weighted by atomic mass is 9.79. The fraction of sp³-hybridized carbons (Fsp3) is 0.588. The maximum absolute atomic E-state index is 12.7. The molecule has 1 saturated carbocycles. The lowest BCUT2D eigenvalue weighted by Gasteiger charge is -2.37. The average molecular weight is 301 g/mol. The second kappa shape index (κ2) is 4.24. The summed E-state index contributed by atoms with van der Waals surface area (Å²) < 4.78 is 11.0. The number of ketones is 1. The molecule has 4 aliphatic rings. The molecule has 3 aliphatic heterocycles. The fourth-order valence-electron chi connectivity index (χ4n) is 5.04. The van der Waals surface area contributed by atoms with Crippen molar-refractivity contribution in [1.82, 2.24) is 4.90 Å². The Hall–Kier alpha value is -1.59. The van der Waals surface area contributed by atoms with E-state index in [9.17, 15) is 9.90 Å². The van der Waals surface area contributed by atoms with Crippen LogP contribution in [0.4, 0.5) is 0 Å². The Morgan fingerprint density at radius 1 is 1.23 bits per heavy atom. The molecule has 1 aromatic rings. The highest BCUT2D eigenvalue weighted by molar-refractivity contribution is 5.94. The van der Waals surface area contributed by atoms with Crippen molar-refractivity contribution in [2.45, 2.75) is 43.2 Å². The second-order valence-electron chi connectivity index (χ2n) is 6.90. The van der Waals surface area contributed by atoms with Crippen LogP contribution in [0.1, 0.15) is 36.3 Å². The number of aliphatic hydroxyl groups is 1. The predicted molar refractivity (Wildman–Crippen MR) is 78.2 cm³/mol. The van der Waals surface area contributed by atoms with E-state index in [-0.39, 0.29) is 24.0 Å². The summed E-state index contributed by atoms with van der Waals surface area (Å²) in [5.41, 5.74) is 2.04. The molecule has 1 saturated heterocycles. The van der Waals surface area contributed by atoms with Crippen molar-refractivity contribution < 1.29 is 19.4 Å².